The van der Waals surface area contributed by atoms with Gasteiger partial charge < -0.3 is 18.3 Å². The van der Waals surface area contributed by atoms with Crippen molar-refractivity contribution in [2.45, 2.75) is 155 Å². The Balaban J connectivity index is 1.91. The first-order valence-electron chi connectivity index (χ1n) is 19.5. The average Bonchev–Trinajstić information content (AvgIpc) is 3.23. The Morgan fingerprint density at radius 1 is 0.917 bits per heavy atom. The predicted molar refractivity (Wildman–Crippen MR) is 206 cm³/mol. The van der Waals surface area contributed by atoms with Crippen LogP contribution in [0, 0.1) is 5.41 Å². The molecular weight excluding hydrogens is 631 g/mol. The first-order valence-corrected chi connectivity index (χ1v) is 23.3. The van der Waals surface area contributed by atoms with Crippen molar-refractivity contribution in [1.29, 1.82) is 0 Å². The van der Waals surface area contributed by atoms with E-state index in [2.05, 4.69) is 66.8 Å². The Morgan fingerprint density at radius 3 is 2.06 bits per heavy atom. The monoisotopic (exact) mass is 699 g/mol. The Kier molecular flexibility index (Phi) is 8.97. The molecule has 2 bridgehead atoms. The Labute approximate surface area is 300 Å². The Morgan fingerprint density at radius 2 is 1.52 bits per heavy atom. The highest BCUT2D eigenvalue weighted by Crippen LogP contribution is 2.49. The minimum absolute atomic E-state index is 0.105. The zero-order valence-corrected chi connectivity index (χ0v) is 34.4. The van der Waals surface area contributed by atoms with Crippen molar-refractivity contribution >= 4 is 39.6 Å². The summed E-state index contributed by atoms with van der Waals surface area (Å²) in [4.78, 5) is 13.0. The van der Waals surface area contributed by atoms with Crippen molar-refractivity contribution in [3.8, 4) is 0 Å². The van der Waals surface area contributed by atoms with Gasteiger partial charge in [0.25, 0.3) is 0 Å². The first-order chi connectivity index (χ1) is 23.2. The van der Waals surface area contributed by atoms with Crippen LogP contribution in [0.1, 0.15) is 118 Å². The standard InChI is InChI=1S/C40H65NO5Si2/c1-35(2,3)45-34(42)41-33-17-16-30(24-32(33)29-18-20-38(10,11)21-19-29)31-25-39(27-43-47(12,13)36(4,5)6)22-23-40(26-31,46-39)28-44-48(14,15)37(7,8)9/h16-18,22-25H,19-21,26-28H2,1-15H3,(H,41,42)/i27D2,28D2. The Bertz CT molecular complexity index is 1650. The fraction of sp³-hybridized carbons (Fsp3) is 0.675. The molecule has 2 aliphatic heterocycles. The molecule has 1 aromatic rings. The van der Waals surface area contributed by atoms with Crippen molar-refractivity contribution in [2.75, 3.05) is 18.4 Å². The maximum atomic E-state index is 13.0. The van der Waals surface area contributed by atoms with Crippen molar-refractivity contribution in [1.82, 2.24) is 0 Å². The van der Waals surface area contributed by atoms with Crippen LogP contribution in [0.2, 0.25) is 36.3 Å². The second-order valence-corrected chi connectivity index (χ2v) is 28.3. The van der Waals surface area contributed by atoms with Crippen molar-refractivity contribution in [3.05, 3.63) is 53.6 Å². The fourth-order valence-electron chi connectivity index (χ4n) is 5.33. The van der Waals surface area contributed by atoms with E-state index in [9.17, 15) is 10.3 Å². The molecule has 0 saturated carbocycles. The number of anilines is 1. The van der Waals surface area contributed by atoms with Crippen molar-refractivity contribution < 1.29 is 28.6 Å². The summed E-state index contributed by atoms with van der Waals surface area (Å²) in [6, 6.07) is 5.79. The molecule has 1 amide bonds. The van der Waals surface area contributed by atoms with Crippen molar-refractivity contribution in [2.24, 2.45) is 5.41 Å². The first kappa shape index (κ1) is 33.2. The number of carbonyl (C=O) groups excluding carboxylic acids is 1. The summed E-state index contributed by atoms with van der Waals surface area (Å²) in [5.41, 5.74) is 0.200. The number of nitrogens with one attached hydrogen (secondary N) is 1. The van der Waals surface area contributed by atoms with Crippen LogP contribution >= 0.6 is 0 Å². The molecule has 48 heavy (non-hydrogen) atoms. The van der Waals surface area contributed by atoms with E-state index in [1.54, 1.807) is 18.2 Å². The largest absolute Gasteiger partial charge is 0.444 e. The summed E-state index contributed by atoms with van der Waals surface area (Å²) in [5.74, 6) is 0. The van der Waals surface area contributed by atoms with E-state index in [-0.39, 0.29) is 21.9 Å². The minimum atomic E-state index is -2.68. The predicted octanol–water partition coefficient (Wildman–Crippen LogP) is 11.5. The SMILES string of the molecule is [2H]C([2H])(O[Si](C)(C)C(C)(C)C)C12C=CC(C([2H])([2H])O[Si](C)(C)C(C)(C)C)(CC(c3ccc(NC(=O)OC(C)(C)C)c(C4=CCC(C)(C)CC4)c3)=C1)O2. The molecule has 8 heteroatoms. The molecule has 2 unspecified atom stereocenters. The highest BCUT2D eigenvalue weighted by atomic mass is 28.4. The van der Waals surface area contributed by atoms with E-state index in [0.717, 1.165) is 36.0 Å². The van der Waals surface area contributed by atoms with Gasteiger partial charge in [-0.15, -0.1) is 0 Å². The lowest BCUT2D eigenvalue weighted by Gasteiger charge is -2.44. The summed E-state index contributed by atoms with van der Waals surface area (Å²) >= 11 is 0. The van der Waals surface area contributed by atoms with Crippen LogP contribution in [0.4, 0.5) is 10.5 Å². The third kappa shape index (κ3) is 9.02. The van der Waals surface area contributed by atoms with E-state index in [1.807, 2.05) is 65.2 Å². The number of carbonyl (C=O) groups is 1. The van der Waals surface area contributed by atoms with E-state index in [4.69, 9.17) is 18.3 Å². The van der Waals surface area contributed by atoms with Gasteiger partial charge >= 0.3 is 6.09 Å². The number of fused-ring (bicyclic) bond motifs is 2. The summed E-state index contributed by atoms with van der Waals surface area (Å²) in [6.45, 7) is 25.7. The smallest absolute Gasteiger partial charge is 0.412 e. The zero-order valence-electron chi connectivity index (χ0n) is 36.4. The molecule has 0 saturated heterocycles. The average molecular weight is 700 g/mol. The highest BCUT2D eigenvalue weighted by Gasteiger charge is 2.51. The van der Waals surface area contributed by atoms with E-state index in [1.165, 1.54) is 0 Å². The fourth-order valence-corrected chi connectivity index (χ4v) is 6.79. The molecule has 1 N–H and O–H groups in total. The number of hydrogen-bond acceptors (Lipinski definition) is 5. The molecule has 4 rings (SSSR count). The van der Waals surface area contributed by atoms with Gasteiger partial charge in [-0.25, -0.2) is 4.79 Å². The quantitative estimate of drug-likeness (QED) is 0.205. The van der Waals surface area contributed by atoms with Crippen LogP contribution in [0.25, 0.3) is 11.1 Å². The summed E-state index contributed by atoms with van der Waals surface area (Å²) in [6.07, 6.45) is 9.59. The van der Waals surface area contributed by atoms with Gasteiger partial charge in [-0.1, -0.05) is 73.6 Å². The summed E-state index contributed by atoms with van der Waals surface area (Å²) < 4.78 is 63.5. The molecule has 1 aromatic carbocycles. The topological polar surface area (TPSA) is 66.0 Å². The molecule has 3 aliphatic rings. The second kappa shape index (κ2) is 13.0. The zero-order chi connectivity index (χ0) is 39.8. The molecule has 0 spiro atoms. The number of allylic oxidation sites excluding steroid dienone is 2. The number of rotatable bonds is 9. The van der Waals surface area contributed by atoms with E-state index >= 15 is 0 Å². The van der Waals surface area contributed by atoms with Crippen LogP contribution in [-0.4, -0.2) is 52.6 Å². The molecule has 2 atom stereocenters. The molecular formula is C40H65NO5Si2. The lowest BCUT2D eigenvalue weighted by Crippen LogP contribution is -2.51. The maximum absolute atomic E-state index is 13.0. The van der Waals surface area contributed by atoms with Gasteiger partial charge in [0.2, 0.25) is 0 Å². The lowest BCUT2D eigenvalue weighted by atomic mass is 9.76. The van der Waals surface area contributed by atoms with Gasteiger partial charge in [0, 0.05) is 12.0 Å². The van der Waals surface area contributed by atoms with Crippen LogP contribution in [0.5, 0.6) is 0 Å². The number of ether oxygens (including phenoxy) is 2. The van der Waals surface area contributed by atoms with Crippen LogP contribution < -0.4 is 5.32 Å². The second-order valence-electron chi connectivity index (χ2n) is 18.9. The summed E-state index contributed by atoms with van der Waals surface area (Å²) in [7, 11) is -5.36. The van der Waals surface area contributed by atoms with Gasteiger partial charge in [-0.2, -0.15) is 0 Å². The lowest BCUT2D eigenvalue weighted by molar-refractivity contribution is -0.105. The van der Waals surface area contributed by atoms with Crippen LogP contribution in [-0.2, 0) is 18.3 Å². The Hall–Kier alpha value is -1.98. The van der Waals surface area contributed by atoms with Gasteiger partial charge in [0.1, 0.15) is 16.8 Å². The molecule has 6 nitrogen and oxygen atoms in total. The minimum Gasteiger partial charge on any atom is -0.444 e. The van der Waals surface area contributed by atoms with Crippen LogP contribution in [0.3, 0.4) is 0 Å². The van der Waals surface area contributed by atoms with E-state index < -0.39 is 52.6 Å². The van der Waals surface area contributed by atoms with Gasteiger partial charge in [-0.05, 0) is 123 Å². The highest BCUT2D eigenvalue weighted by molar-refractivity contribution is 6.74. The van der Waals surface area contributed by atoms with Crippen molar-refractivity contribution in [3.63, 3.8) is 0 Å². The van der Waals surface area contributed by atoms with Gasteiger partial charge in [0.05, 0.1) is 24.3 Å². The molecule has 1 aliphatic carbocycles. The summed E-state index contributed by atoms with van der Waals surface area (Å²) in [5, 5.41) is 2.41. The molecule has 0 radical (unpaired) electrons. The molecule has 2 heterocycles. The number of benzene rings is 1. The van der Waals surface area contributed by atoms with Gasteiger partial charge in [-0.3, -0.25) is 5.32 Å². The molecule has 0 aromatic heterocycles. The normalized spacial score (nSPS) is 26.5. The number of hydrogen-bond donors (Lipinski definition) is 1. The third-order valence-electron chi connectivity index (χ3n) is 10.7. The molecule has 0 fully saturated rings. The number of amides is 1. The van der Waals surface area contributed by atoms with Gasteiger partial charge in [0.15, 0.2) is 16.6 Å². The van der Waals surface area contributed by atoms with Crippen LogP contribution in [0.15, 0.2) is 42.5 Å². The third-order valence-corrected chi connectivity index (χ3v) is 19.1. The molecule has 268 valence electrons. The van der Waals surface area contributed by atoms with E-state index in [0.29, 0.717) is 11.3 Å². The maximum Gasteiger partial charge on any atom is 0.412 e.